The summed E-state index contributed by atoms with van der Waals surface area (Å²) < 4.78 is 92.5. The second-order valence-corrected chi connectivity index (χ2v) is 20.6. The van der Waals surface area contributed by atoms with Gasteiger partial charge in [-0.1, -0.05) is 72.8 Å². The molecular weight excluding hydrogens is 833 g/mol. The van der Waals surface area contributed by atoms with Crippen LogP contribution >= 0.6 is 0 Å². The van der Waals surface area contributed by atoms with Crippen LogP contribution in [0.1, 0.15) is 15.9 Å². The van der Waals surface area contributed by atoms with Gasteiger partial charge in [0.15, 0.2) is 0 Å². The third-order valence-electron chi connectivity index (χ3n) is 11.5. The van der Waals surface area contributed by atoms with E-state index in [0.29, 0.717) is 56.7 Å². The molecule has 0 aliphatic carbocycles. The molecule has 0 spiro atoms. The molecule has 7 aromatic rings. The SMILES string of the molecule is CN1COCc2c(c(N3c4ccccc4S(=O)(=O)c4ccccc43)cc(N3c4ccccc4S(=O)(=O)c4ccccc43)c2N2c3ccccc3S(=O)(=O)c3ccccc32)C1=O. The van der Waals surface area contributed by atoms with Crippen molar-refractivity contribution in [2.24, 2.45) is 0 Å². The highest BCUT2D eigenvalue weighted by molar-refractivity contribution is 7.92. The van der Waals surface area contributed by atoms with Crippen LogP contribution in [-0.2, 0) is 40.9 Å². The minimum Gasteiger partial charge on any atom is -0.356 e. The summed E-state index contributed by atoms with van der Waals surface area (Å²) in [5, 5.41) is 0. The van der Waals surface area contributed by atoms with E-state index in [1.165, 1.54) is 29.2 Å². The normalized spacial score (nSPS) is 17.4. The number of amides is 1. The van der Waals surface area contributed by atoms with E-state index in [1.807, 2.05) is 9.80 Å². The average Bonchev–Trinajstić information content (AvgIpc) is 3.42. The molecule has 0 saturated carbocycles. The fourth-order valence-electron chi connectivity index (χ4n) is 8.93. The number of fused-ring (bicyclic) bond motifs is 7. The quantitative estimate of drug-likeness (QED) is 0.168. The third-order valence-corrected chi connectivity index (χ3v) is 17.1. The molecule has 11 rings (SSSR count). The van der Waals surface area contributed by atoms with E-state index in [0.717, 1.165) is 0 Å². The van der Waals surface area contributed by atoms with Crippen LogP contribution in [0.4, 0.5) is 51.2 Å². The summed E-state index contributed by atoms with van der Waals surface area (Å²) in [5.41, 5.74) is 3.34. The summed E-state index contributed by atoms with van der Waals surface area (Å²) >= 11 is 0. The van der Waals surface area contributed by atoms with E-state index in [2.05, 4.69) is 0 Å². The Kier molecular flexibility index (Phi) is 8.00. The second kappa shape index (κ2) is 13.1. The summed E-state index contributed by atoms with van der Waals surface area (Å²) in [5.74, 6) is -0.438. The first-order valence-electron chi connectivity index (χ1n) is 19.2. The minimum absolute atomic E-state index is 0.0292. The van der Waals surface area contributed by atoms with Crippen molar-refractivity contribution in [3.8, 4) is 0 Å². The van der Waals surface area contributed by atoms with Crippen molar-refractivity contribution in [1.29, 1.82) is 0 Å². The summed E-state index contributed by atoms with van der Waals surface area (Å²) in [6.07, 6.45) is 0. The Hall–Kier alpha value is -6.78. The van der Waals surface area contributed by atoms with Gasteiger partial charge in [0.1, 0.15) is 6.73 Å². The zero-order valence-corrected chi connectivity index (χ0v) is 34.6. The number of hydrogen-bond acceptors (Lipinski definition) is 11. The molecule has 7 aromatic carbocycles. The summed E-state index contributed by atoms with van der Waals surface area (Å²) in [7, 11) is -10.5. The molecule has 0 saturated heterocycles. The largest absolute Gasteiger partial charge is 0.356 e. The predicted octanol–water partition coefficient (Wildman–Crippen LogP) is 9.09. The number of sulfone groups is 3. The van der Waals surface area contributed by atoms with Crippen molar-refractivity contribution in [3.63, 3.8) is 0 Å². The highest BCUT2D eigenvalue weighted by Gasteiger charge is 2.44. The van der Waals surface area contributed by atoms with Gasteiger partial charge in [0.2, 0.25) is 29.5 Å². The molecular formula is C46H32N4O8S3. The molecule has 0 atom stereocenters. The maximum atomic E-state index is 15.1. The lowest BCUT2D eigenvalue weighted by atomic mass is 9.95. The standard InChI is InChI=1S/C46H32N4O8S3/c1-47-28-58-27-29-44(46(47)51)36(48-30-14-2-8-20-38(30)59(52,53)39-21-9-3-15-31(39)48)26-37(49-32-16-4-10-22-40(32)60(54,55)41-23-11-5-17-33(41)49)45(29)50-34-18-6-12-24-42(34)61(56,57)43-25-13-7-19-35(43)50/h2-26H,27-28H2,1H3. The van der Waals surface area contributed by atoms with Crippen molar-refractivity contribution in [2.75, 3.05) is 28.5 Å². The second-order valence-electron chi connectivity index (χ2n) is 14.9. The molecule has 0 unspecified atom stereocenters. The maximum Gasteiger partial charge on any atom is 0.257 e. The maximum absolute atomic E-state index is 15.1. The molecule has 1 amide bonds. The van der Waals surface area contributed by atoms with Crippen LogP contribution in [0, 0.1) is 0 Å². The van der Waals surface area contributed by atoms with E-state index in [9.17, 15) is 25.3 Å². The van der Waals surface area contributed by atoms with Crippen LogP contribution in [-0.4, -0.2) is 49.8 Å². The lowest BCUT2D eigenvalue weighted by molar-refractivity contribution is 0.0340. The van der Waals surface area contributed by atoms with Gasteiger partial charge in [0, 0.05) is 12.6 Å². The fourth-order valence-corrected chi connectivity index (χ4v) is 13.8. The number of rotatable bonds is 3. The lowest BCUT2D eigenvalue weighted by Crippen LogP contribution is -2.31. The molecule has 0 bridgehead atoms. The summed E-state index contributed by atoms with van der Waals surface area (Å²) in [4.78, 5) is 22.1. The van der Waals surface area contributed by atoms with Crippen LogP contribution in [0.5, 0.6) is 0 Å². The molecule has 0 aromatic heterocycles. The van der Waals surface area contributed by atoms with E-state index in [1.54, 1.807) is 139 Å². The van der Waals surface area contributed by atoms with Gasteiger partial charge < -0.3 is 24.3 Å². The van der Waals surface area contributed by atoms with Crippen LogP contribution in [0.3, 0.4) is 0 Å². The molecule has 4 aliphatic rings. The number of carbonyl (C=O) groups is 1. The topological polar surface area (TPSA) is 142 Å². The smallest absolute Gasteiger partial charge is 0.257 e. The molecule has 302 valence electrons. The number of carbonyl (C=O) groups excluding carboxylic acids is 1. The first kappa shape index (κ1) is 37.2. The van der Waals surface area contributed by atoms with Crippen LogP contribution in [0.15, 0.2) is 181 Å². The van der Waals surface area contributed by atoms with E-state index >= 15 is 4.79 Å². The molecule has 0 radical (unpaired) electrons. The zero-order valence-electron chi connectivity index (χ0n) is 32.1. The van der Waals surface area contributed by atoms with Gasteiger partial charge in [-0.15, -0.1) is 0 Å². The summed E-state index contributed by atoms with van der Waals surface area (Å²) in [6.45, 7) is -0.251. The minimum atomic E-state index is -4.05. The van der Waals surface area contributed by atoms with Crippen molar-refractivity contribution in [3.05, 3.63) is 163 Å². The fraction of sp³-hybridized carbons (Fsp3) is 0.0652. The Morgan fingerprint density at radius 3 is 1.10 bits per heavy atom. The molecule has 12 nitrogen and oxygen atoms in total. The first-order valence-corrected chi connectivity index (χ1v) is 23.6. The van der Waals surface area contributed by atoms with Crippen LogP contribution in [0.2, 0.25) is 0 Å². The van der Waals surface area contributed by atoms with Crippen molar-refractivity contribution in [2.45, 2.75) is 36.0 Å². The van der Waals surface area contributed by atoms with Gasteiger partial charge in [-0.05, 0) is 78.9 Å². The number of anilines is 9. The number of ether oxygens (including phenoxy) is 1. The van der Waals surface area contributed by atoms with Gasteiger partial charge in [0.25, 0.3) is 5.91 Å². The zero-order chi connectivity index (χ0) is 42.0. The Labute approximate surface area is 351 Å². The van der Waals surface area contributed by atoms with Gasteiger partial charge in [0.05, 0.1) is 92.7 Å². The van der Waals surface area contributed by atoms with Crippen molar-refractivity contribution in [1.82, 2.24) is 4.90 Å². The Morgan fingerprint density at radius 2 is 0.738 bits per heavy atom. The predicted molar refractivity (Wildman–Crippen MR) is 229 cm³/mol. The number of para-hydroxylation sites is 6. The van der Waals surface area contributed by atoms with Crippen molar-refractivity contribution < 1.29 is 34.8 Å². The Morgan fingerprint density at radius 1 is 0.426 bits per heavy atom. The average molecular weight is 865 g/mol. The van der Waals surface area contributed by atoms with Gasteiger partial charge in [-0.25, -0.2) is 25.3 Å². The highest BCUT2D eigenvalue weighted by Crippen LogP contribution is 2.60. The van der Waals surface area contributed by atoms with E-state index in [-0.39, 0.29) is 48.3 Å². The van der Waals surface area contributed by atoms with E-state index < -0.39 is 35.4 Å². The molecule has 4 aliphatic heterocycles. The van der Waals surface area contributed by atoms with Gasteiger partial charge in [-0.3, -0.25) is 4.79 Å². The molecule has 4 heterocycles. The van der Waals surface area contributed by atoms with Crippen LogP contribution in [0.25, 0.3) is 0 Å². The summed E-state index contributed by atoms with van der Waals surface area (Å²) in [6, 6.07) is 41.4. The lowest BCUT2D eigenvalue weighted by Gasteiger charge is -2.41. The molecule has 0 N–H and O–H groups in total. The number of benzene rings is 7. The molecule has 15 heteroatoms. The highest BCUT2D eigenvalue weighted by atomic mass is 32.2. The monoisotopic (exact) mass is 864 g/mol. The molecule has 61 heavy (non-hydrogen) atoms. The Bertz CT molecular complexity index is 3270. The first-order chi connectivity index (χ1) is 29.4. The third kappa shape index (κ3) is 5.11. The van der Waals surface area contributed by atoms with E-state index in [4.69, 9.17) is 4.74 Å². The number of nitrogens with zero attached hydrogens (tertiary/aromatic N) is 4. The molecule has 0 fully saturated rings. The Balaban J connectivity index is 1.36. The van der Waals surface area contributed by atoms with Crippen molar-refractivity contribution >= 4 is 86.6 Å². The van der Waals surface area contributed by atoms with Gasteiger partial charge in [-0.2, -0.15) is 0 Å². The van der Waals surface area contributed by atoms with Crippen LogP contribution < -0.4 is 14.7 Å². The van der Waals surface area contributed by atoms with Gasteiger partial charge >= 0.3 is 0 Å². The number of hydrogen-bond donors (Lipinski definition) is 0.